The van der Waals surface area contributed by atoms with E-state index in [0.29, 0.717) is 18.7 Å². The standard InChI is InChI=1S/C9H17NOS/c1-4-6-10(8(2)3)9(11)5-7-12/h4,8,12H,1,5-7H2,2-3H3. The van der Waals surface area contributed by atoms with Gasteiger partial charge in [-0.25, -0.2) is 0 Å². The van der Waals surface area contributed by atoms with Gasteiger partial charge in [-0.3, -0.25) is 4.79 Å². The van der Waals surface area contributed by atoms with Gasteiger partial charge in [-0.1, -0.05) is 6.08 Å². The number of carbonyl (C=O) groups is 1. The lowest BCUT2D eigenvalue weighted by Gasteiger charge is -2.25. The average molecular weight is 187 g/mol. The molecule has 12 heavy (non-hydrogen) atoms. The molecule has 0 atom stereocenters. The summed E-state index contributed by atoms with van der Waals surface area (Å²) in [6, 6.07) is 0.246. The molecule has 0 aliphatic carbocycles. The first-order valence-electron chi connectivity index (χ1n) is 4.14. The van der Waals surface area contributed by atoms with Crippen LogP contribution in [0.3, 0.4) is 0 Å². The zero-order valence-electron chi connectivity index (χ0n) is 7.79. The normalized spacial score (nSPS) is 10.0. The van der Waals surface area contributed by atoms with Crippen molar-refractivity contribution < 1.29 is 4.79 Å². The maximum Gasteiger partial charge on any atom is 0.223 e. The number of thiol groups is 1. The molecule has 0 unspecified atom stereocenters. The minimum atomic E-state index is 0.153. The van der Waals surface area contributed by atoms with Gasteiger partial charge < -0.3 is 4.90 Å². The highest BCUT2D eigenvalue weighted by molar-refractivity contribution is 7.80. The van der Waals surface area contributed by atoms with Gasteiger partial charge in [-0.15, -0.1) is 6.58 Å². The third-order valence-corrected chi connectivity index (χ3v) is 1.82. The second-order valence-electron chi connectivity index (χ2n) is 2.90. The van der Waals surface area contributed by atoms with Crippen LogP contribution in [-0.2, 0) is 4.79 Å². The van der Waals surface area contributed by atoms with E-state index >= 15 is 0 Å². The van der Waals surface area contributed by atoms with E-state index in [9.17, 15) is 4.79 Å². The van der Waals surface area contributed by atoms with E-state index in [4.69, 9.17) is 0 Å². The van der Waals surface area contributed by atoms with E-state index < -0.39 is 0 Å². The maximum atomic E-state index is 11.4. The Balaban J connectivity index is 4.08. The summed E-state index contributed by atoms with van der Waals surface area (Å²) in [6.07, 6.45) is 2.26. The van der Waals surface area contributed by atoms with Crippen LogP contribution in [0.5, 0.6) is 0 Å². The number of rotatable bonds is 5. The van der Waals surface area contributed by atoms with Gasteiger partial charge in [-0.05, 0) is 19.6 Å². The number of carbonyl (C=O) groups excluding carboxylic acids is 1. The quantitative estimate of drug-likeness (QED) is 0.513. The highest BCUT2D eigenvalue weighted by Crippen LogP contribution is 2.02. The zero-order valence-corrected chi connectivity index (χ0v) is 8.68. The summed E-state index contributed by atoms with van der Waals surface area (Å²) in [4.78, 5) is 13.2. The molecule has 0 aromatic heterocycles. The molecule has 0 radical (unpaired) electrons. The number of hydrogen-bond donors (Lipinski definition) is 1. The largest absolute Gasteiger partial charge is 0.337 e. The smallest absolute Gasteiger partial charge is 0.223 e. The Morgan fingerprint density at radius 2 is 2.25 bits per heavy atom. The fourth-order valence-electron chi connectivity index (χ4n) is 0.979. The van der Waals surface area contributed by atoms with Crippen LogP contribution in [0.2, 0.25) is 0 Å². The molecule has 2 nitrogen and oxygen atoms in total. The van der Waals surface area contributed by atoms with Crippen LogP contribution in [0.4, 0.5) is 0 Å². The lowest BCUT2D eigenvalue weighted by molar-refractivity contribution is -0.131. The fourth-order valence-corrected chi connectivity index (χ4v) is 1.17. The monoisotopic (exact) mass is 187 g/mol. The number of hydrogen-bond acceptors (Lipinski definition) is 2. The van der Waals surface area contributed by atoms with Crippen molar-refractivity contribution in [2.75, 3.05) is 12.3 Å². The highest BCUT2D eigenvalue weighted by Gasteiger charge is 2.13. The molecule has 3 heteroatoms. The van der Waals surface area contributed by atoms with Gasteiger partial charge in [0.1, 0.15) is 0 Å². The van der Waals surface area contributed by atoms with Crippen LogP contribution in [0.25, 0.3) is 0 Å². The van der Waals surface area contributed by atoms with E-state index in [1.54, 1.807) is 11.0 Å². The molecule has 0 aromatic carbocycles. The molecule has 0 bridgehead atoms. The van der Waals surface area contributed by atoms with Gasteiger partial charge >= 0.3 is 0 Å². The SMILES string of the molecule is C=CCN(C(=O)CCS)C(C)C. The topological polar surface area (TPSA) is 20.3 Å². The predicted octanol–water partition coefficient (Wildman–Crippen LogP) is 1.73. The van der Waals surface area contributed by atoms with Crippen LogP contribution in [0.15, 0.2) is 12.7 Å². The lowest BCUT2D eigenvalue weighted by Crippen LogP contribution is -2.37. The van der Waals surface area contributed by atoms with Gasteiger partial charge in [0, 0.05) is 19.0 Å². The Bertz CT molecular complexity index is 157. The first-order chi connectivity index (χ1) is 5.63. The third kappa shape index (κ3) is 3.81. The number of nitrogens with zero attached hydrogens (tertiary/aromatic N) is 1. The lowest BCUT2D eigenvalue weighted by atomic mass is 10.3. The molecule has 0 aromatic rings. The zero-order chi connectivity index (χ0) is 9.56. The van der Waals surface area contributed by atoms with E-state index in [-0.39, 0.29) is 11.9 Å². The van der Waals surface area contributed by atoms with E-state index in [1.165, 1.54) is 0 Å². The first-order valence-corrected chi connectivity index (χ1v) is 4.78. The van der Waals surface area contributed by atoms with Crippen molar-refractivity contribution in [3.8, 4) is 0 Å². The Labute approximate surface area is 80.0 Å². The van der Waals surface area contributed by atoms with Crippen molar-refractivity contribution in [3.63, 3.8) is 0 Å². The minimum Gasteiger partial charge on any atom is -0.337 e. The summed E-state index contributed by atoms with van der Waals surface area (Å²) in [5.41, 5.74) is 0. The van der Waals surface area contributed by atoms with Gasteiger partial charge in [0.2, 0.25) is 5.91 Å². The predicted molar refractivity (Wildman–Crippen MR) is 55.5 cm³/mol. The van der Waals surface area contributed by atoms with Crippen molar-refractivity contribution in [1.82, 2.24) is 4.90 Å². The molecule has 0 saturated carbocycles. The Morgan fingerprint density at radius 1 is 1.67 bits per heavy atom. The molecule has 0 fully saturated rings. The summed E-state index contributed by atoms with van der Waals surface area (Å²) < 4.78 is 0. The Kier molecular flexibility index (Phi) is 5.89. The number of amides is 1. The highest BCUT2D eigenvalue weighted by atomic mass is 32.1. The average Bonchev–Trinajstić information content (AvgIpc) is 1.99. The molecule has 0 saturated heterocycles. The first kappa shape index (κ1) is 11.6. The van der Waals surface area contributed by atoms with Crippen LogP contribution >= 0.6 is 12.6 Å². The second kappa shape index (κ2) is 6.12. The summed E-state index contributed by atoms with van der Waals surface area (Å²) >= 11 is 4.02. The molecule has 0 aliphatic heterocycles. The maximum absolute atomic E-state index is 11.4. The van der Waals surface area contributed by atoms with E-state index in [2.05, 4.69) is 19.2 Å². The van der Waals surface area contributed by atoms with Crippen molar-refractivity contribution >= 4 is 18.5 Å². The summed E-state index contributed by atoms with van der Waals surface area (Å²) in [7, 11) is 0. The van der Waals surface area contributed by atoms with Gasteiger partial charge in [0.15, 0.2) is 0 Å². The molecular formula is C9H17NOS. The molecule has 0 N–H and O–H groups in total. The van der Waals surface area contributed by atoms with Crippen LogP contribution < -0.4 is 0 Å². The third-order valence-electron chi connectivity index (χ3n) is 1.60. The molecule has 0 heterocycles. The summed E-state index contributed by atoms with van der Waals surface area (Å²) in [5.74, 6) is 0.763. The van der Waals surface area contributed by atoms with Crippen LogP contribution in [0, 0.1) is 0 Å². The van der Waals surface area contributed by atoms with Crippen molar-refractivity contribution in [1.29, 1.82) is 0 Å². The molecule has 0 rings (SSSR count). The van der Waals surface area contributed by atoms with E-state index in [0.717, 1.165) is 0 Å². The van der Waals surface area contributed by atoms with E-state index in [1.807, 2.05) is 13.8 Å². The van der Waals surface area contributed by atoms with Gasteiger partial charge in [-0.2, -0.15) is 12.6 Å². The molecule has 70 valence electrons. The Morgan fingerprint density at radius 3 is 2.58 bits per heavy atom. The van der Waals surface area contributed by atoms with Crippen LogP contribution in [0.1, 0.15) is 20.3 Å². The fraction of sp³-hybridized carbons (Fsp3) is 0.667. The summed E-state index contributed by atoms with van der Waals surface area (Å²) in [6.45, 7) is 8.24. The van der Waals surface area contributed by atoms with Crippen molar-refractivity contribution in [3.05, 3.63) is 12.7 Å². The van der Waals surface area contributed by atoms with Crippen molar-refractivity contribution in [2.24, 2.45) is 0 Å². The van der Waals surface area contributed by atoms with Gasteiger partial charge in [0.05, 0.1) is 0 Å². The molecule has 1 amide bonds. The van der Waals surface area contributed by atoms with Crippen LogP contribution in [-0.4, -0.2) is 29.1 Å². The molecular weight excluding hydrogens is 170 g/mol. The molecule has 0 aliphatic rings. The van der Waals surface area contributed by atoms with Crippen molar-refractivity contribution in [2.45, 2.75) is 26.3 Å². The summed E-state index contributed by atoms with van der Waals surface area (Å²) in [5, 5.41) is 0. The minimum absolute atomic E-state index is 0.153. The Hall–Kier alpha value is -0.440. The second-order valence-corrected chi connectivity index (χ2v) is 3.35. The molecule has 0 spiro atoms. The van der Waals surface area contributed by atoms with Gasteiger partial charge in [0.25, 0.3) is 0 Å².